The number of ether oxygens (including phenoxy) is 2. The molecule has 2 heterocycles. The summed E-state index contributed by atoms with van der Waals surface area (Å²) in [5, 5.41) is -0.278. The first-order chi connectivity index (χ1) is 17.2. The summed E-state index contributed by atoms with van der Waals surface area (Å²) in [4.78, 5) is 24.2. The number of aryl methyl sites for hydroxylation is 1. The monoisotopic (exact) mass is 513 g/mol. The third-order valence-corrected chi connectivity index (χ3v) is 6.59. The Morgan fingerprint density at radius 2 is 1.89 bits per heavy atom. The number of rotatable bonds is 10. The predicted molar refractivity (Wildman–Crippen MR) is 141 cm³/mol. The molecule has 1 unspecified atom stereocenters. The Kier molecular flexibility index (Phi) is 7.93. The molecule has 1 aliphatic heterocycles. The Bertz CT molecular complexity index is 1250. The van der Waals surface area contributed by atoms with Crippen LogP contribution in [0.15, 0.2) is 47.1 Å². The van der Waals surface area contributed by atoms with Crippen molar-refractivity contribution in [3.63, 3.8) is 0 Å². The van der Waals surface area contributed by atoms with E-state index in [9.17, 15) is 14.0 Å². The van der Waals surface area contributed by atoms with Crippen molar-refractivity contribution in [3.05, 3.63) is 53.8 Å². The Balaban J connectivity index is 1.35. The third-order valence-electron chi connectivity index (χ3n) is 5.82. The molecular formula is C28H32FNO5S. The number of hydrogen-bond acceptors (Lipinski definition) is 6. The Morgan fingerprint density at radius 3 is 2.58 bits per heavy atom. The highest BCUT2D eigenvalue weighted by Crippen LogP contribution is 2.36. The van der Waals surface area contributed by atoms with Crippen LogP contribution in [-0.2, 0) is 17.6 Å². The molecule has 192 valence electrons. The number of thioether (sulfide) groups is 1. The van der Waals surface area contributed by atoms with E-state index in [1.54, 1.807) is 24.3 Å². The number of alkyl halides is 1. The van der Waals surface area contributed by atoms with Gasteiger partial charge in [0.15, 0.2) is 0 Å². The van der Waals surface area contributed by atoms with Gasteiger partial charge in [0.05, 0.1) is 25.2 Å². The first kappa shape index (κ1) is 26.1. The molecule has 2 aromatic carbocycles. The molecule has 0 bridgehead atoms. The maximum atomic E-state index is 14.1. The number of furan rings is 1. The van der Waals surface area contributed by atoms with Gasteiger partial charge in [-0.05, 0) is 48.1 Å². The summed E-state index contributed by atoms with van der Waals surface area (Å²) in [6.07, 6.45) is 3.31. The quantitative estimate of drug-likeness (QED) is 0.209. The summed E-state index contributed by atoms with van der Waals surface area (Å²) in [7, 11) is 0. The predicted octanol–water partition coefficient (Wildman–Crippen LogP) is 7.32. The second kappa shape index (κ2) is 10.9. The molecule has 0 spiro atoms. The Hall–Kier alpha value is -3.00. The van der Waals surface area contributed by atoms with Crippen molar-refractivity contribution < 1.29 is 27.9 Å². The molecule has 1 aromatic heterocycles. The van der Waals surface area contributed by atoms with Gasteiger partial charge in [0.2, 0.25) is 6.30 Å². The summed E-state index contributed by atoms with van der Waals surface area (Å²) < 4.78 is 32.0. The minimum Gasteiger partial charge on any atom is -0.493 e. The fourth-order valence-corrected chi connectivity index (χ4v) is 4.96. The van der Waals surface area contributed by atoms with Gasteiger partial charge < -0.3 is 13.9 Å². The van der Waals surface area contributed by atoms with Gasteiger partial charge >= 0.3 is 0 Å². The molecule has 3 aromatic rings. The second-order valence-corrected chi connectivity index (χ2v) is 11.1. The lowest BCUT2D eigenvalue weighted by atomic mass is 9.88. The third kappa shape index (κ3) is 5.86. The van der Waals surface area contributed by atoms with Crippen molar-refractivity contribution in [3.8, 4) is 11.5 Å². The van der Waals surface area contributed by atoms with Gasteiger partial charge in [-0.15, -0.1) is 0 Å². The average molecular weight is 514 g/mol. The van der Waals surface area contributed by atoms with Gasteiger partial charge in [0, 0.05) is 35.2 Å². The lowest BCUT2D eigenvalue weighted by molar-refractivity contribution is -0.114. The molecule has 0 N–H and O–H groups in total. The molecule has 1 atom stereocenters. The molecule has 1 amide bonds. The molecule has 1 aliphatic rings. The van der Waals surface area contributed by atoms with E-state index in [0.29, 0.717) is 42.8 Å². The topological polar surface area (TPSA) is 69.0 Å². The van der Waals surface area contributed by atoms with Crippen molar-refractivity contribution in [2.75, 3.05) is 18.1 Å². The zero-order valence-corrected chi connectivity index (χ0v) is 22.0. The molecule has 1 saturated heterocycles. The normalized spacial score (nSPS) is 16.2. The number of halogens is 1. The maximum Gasteiger partial charge on any atom is 0.296 e. The minimum absolute atomic E-state index is 0.171. The van der Waals surface area contributed by atoms with E-state index in [1.807, 2.05) is 12.3 Å². The summed E-state index contributed by atoms with van der Waals surface area (Å²) in [5.74, 6) is 1.32. The van der Waals surface area contributed by atoms with Crippen molar-refractivity contribution in [2.45, 2.75) is 59.7 Å². The number of amides is 1. The molecule has 0 radical (unpaired) electrons. The largest absolute Gasteiger partial charge is 0.493 e. The van der Waals surface area contributed by atoms with Crippen LogP contribution in [0.25, 0.3) is 11.0 Å². The second-order valence-electron chi connectivity index (χ2n) is 10.1. The van der Waals surface area contributed by atoms with Crippen LogP contribution >= 0.6 is 11.8 Å². The fraction of sp³-hybridized carbons (Fsp3) is 0.429. The van der Waals surface area contributed by atoms with E-state index >= 15 is 0 Å². The maximum absolute atomic E-state index is 14.1. The van der Waals surface area contributed by atoms with E-state index in [2.05, 4.69) is 33.8 Å². The van der Waals surface area contributed by atoms with E-state index in [4.69, 9.17) is 13.9 Å². The highest BCUT2D eigenvalue weighted by atomic mass is 32.2. The zero-order chi connectivity index (χ0) is 25.9. The van der Waals surface area contributed by atoms with Gasteiger partial charge in [0.25, 0.3) is 10.4 Å². The van der Waals surface area contributed by atoms with Crippen molar-refractivity contribution in [1.29, 1.82) is 0 Å². The molecule has 4 rings (SSSR count). The summed E-state index contributed by atoms with van der Waals surface area (Å²) in [5.41, 5.74) is 3.67. The zero-order valence-electron chi connectivity index (χ0n) is 21.1. The van der Waals surface area contributed by atoms with E-state index in [1.165, 1.54) is 5.56 Å². The minimum atomic E-state index is -1.97. The van der Waals surface area contributed by atoms with Gasteiger partial charge in [-0.25, -0.2) is 4.39 Å². The van der Waals surface area contributed by atoms with E-state index in [0.717, 1.165) is 46.4 Å². The number of hydrogen-bond donors (Lipinski definition) is 0. The molecule has 0 saturated carbocycles. The Labute approximate surface area is 215 Å². The van der Waals surface area contributed by atoms with Crippen LogP contribution in [0, 0.1) is 5.41 Å². The van der Waals surface area contributed by atoms with Gasteiger partial charge in [-0.2, -0.15) is 0 Å². The lowest BCUT2D eigenvalue weighted by Gasteiger charge is -2.18. The first-order valence-corrected chi connectivity index (χ1v) is 13.1. The highest BCUT2D eigenvalue weighted by Gasteiger charge is 2.41. The molecule has 6 nitrogen and oxygen atoms in total. The van der Waals surface area contributed by atoms with Gasteiger partial charge in [-0.1, -0.05) is 40.2 Å². The number of benzene rings is 2. The smallest absolute Gasteiger partial charge is 0.296 e. The molecule has 36 heavy (non-hydrogen) atoms. The van der Waals surface area contributed by atoms with Crippen LogP contribution in [0.2, 0.25) is 0 Å². The summed E-state index contributed by atoms with van der Waals surface area (Å²) in [6, 6.07) is 10.6. The van der Waals surface area contributed by atoms with Crippen LogP contribution in [0.5, 0.6) is 11.5 Å². The number of anilines is 1. The van der Waals surface area contributed by atoms with Crippen molar-refractivity contribution in [1.82, 2.24) is 0 Å². The molecular weight excluding hydrogens is 481 g/mol. The van der Waals surface area contributed by atoms with Crippen molar-refractivity contribution >= 4 is 38.8 Å². The van der Waals surface area contributed by atoms with Crippen LogP contribution in [0.3, 0.4) is 0 Å². The average Bonchev–Trinajstić information content (AvgIpc) is 3.33. The van der Waals surface area contributed by atoms with E-state index < -0.39 is 16.7 Å². The molecule has 0 aliphatic carbocycles. The number of fused-ring (bicyclic) bond motifs is 1. The summed E-state index contributed by atoms with van der Waals surface area (Å²) >= 11 is 0.377. The standard InChI is InChI=1S/C28H32FNO5S/c1-5-8-22-23(12-11-21-18(16-28(2,3)4)17-35-24(21)22)34-14-7-13-33-20-10-6-9-19(15-20)30-25(29)26(31)36-27(30)32/h6,9-12,15,17,25H,5,7-8,13-14,16H2,1-4H3. The number of nitrogens with zero attached hydrogens (tertiary/aromatic N) is 1. The molecule has 8 heteroatoms. The summed E-state index contributed by atoms with van der Waals surface area (Å²) in [6.45, 7) is 9.64. The van der Waals surface area contributed by atoms with Crippen molar-refractivity contribution in [2.24, 2.45) is 5.41 Å². The van der Waals surface area contributed by atoms with Gasteiger partial charge in [-0.3, -0.25) is 14.5 Å². The fourth-order valence-electron chi connectivity index (χ4n) is 4.29. The lowest BCUT2D eigenvalue weighted by Crippen LogP contribution is -2.31. The first-order valence-electron chi connectivity index (χ1n) is 12.2. The van der Waals surface area contributed by atoms with Crippen LogP contribution in [0.4, 0.5) is 14.9 Å². The number of carbonyl (C=O) groups is 2. The Morgan fingerprint density at radius 1 is 1.11 bits per heavy atom. The van der Waals surface area contributed by atoms with Crippen LogP contribution in [0.1, 0.15) is 51.7 Å². The molecule has 1 fully saturated rings. The highest BCUT2D eigenvalue weighted by molar-refractivity contribution is 8.27. The van der Waals surface area contributed by atoms with Crippen LogP contribution < -0.4 is 14.4 Å². The van der Waals surface area contributed by atoms with Gasteiger partial charge in [0.1, 0.15) is 17.1 Å². The number of carbonyl (C=O) groups excluding carboxylic acids is 2. The SMILES string of the molecule is CCCc1c(OCCCOc2cccc(N3C(=O)SC(=O)C3F)c2)ccc2c(CC(C)(C)C)coc12. The van der Waals surface area contributed by atoms with E-state index in [-0.39, 0.29) is 5.41 Å². The van der Waals surface area contributed by atoms with Crippen LogP contribution in [-0.4, -0.2) is 29.9 Å².